The molecule has 0 aromatic heterocycles. The van der Waals surface area contributed by atoms with Crippen LogP contribution in [-0.4, -0.2) is 46.7 Å². The second-order valence-corrected chi connectivity index (χ2v) is 11.8. The quantitative estimate of drug-likeness (QED) is 0.138. The zero-order valence-electron chi connectivity index (χ0n) is 25.9. The first-order valence-corrected chi connectivity index (χ1v) is 15.6. The van der Waals surface area contributed by atoms with Crippen molar-refractivity contribution in [3.63, 3.8) is 0 Å². The number of nitrogens with one attached hydrogen (secondary N) is 1. The molecule has 8 nitrogen and oxygen atoms in total. The minimum absolute atomic E-state index is 0.0182. The van der Waals surface area contributed by atoms with Gasteiger partial charge in [0.25, 0.3) is 0 Å². The van der Waals surface area contributed by atoms with Crippen LogP contribution in [0.1, 0.15) is 79.7 Å². The first-order chi connectivity index (χ1) is 21.8. The van der Waals surface area contributed by atoms with Crippen molar-refractivity contribution in [2.24, 2.45) is 0 Å². The van der Waals surface area contributed by atoms with Gasteiger partial charge in [-0.25, -0.2) is 0 Å². The Hall–Kier alpha value is -4.08. The normalized spacial score (nSPS) is 19.0. The summed E-state index contributed by atoms with van der Waals surface area (Å²) in [6.45, 7) is 2.88. The number of benzene rings is 4. The maximum atomic E-state index is 12.5. The molecule has 0 radical (unpaired) electrons. The van der Waals surface area contributed by atoms with Gasteiger partial charge in [0, 0.05) is 43.1 Å². The number of carboxylic acids is 1. The van der Waals surface area contributed by atoms with Crippen LogP contribution in [0.5, 0.6) is 0 Å². The highest BCUT2D eigenvalue weighted by atomic mass is 16.7. The highest BCUT2D eigenvalue weighted by Gasteiger charge is 2.33. The monoisotopic (exact) mass is 610 g/mol. The van der Waals surface area contributed by atoms with Crippen LogP contribution in [0.15, 0.2) is 91.0 Å². The van der Waals surface area contributed by atoms with E-state index in [-0.39, 0.29) is 43.6 Å². The van der Waals surface area contributed by atoms with E-state index in [1.165, 1.54) is 16.3 Å². The van der Waals surface area contributed by atoms with Gasteiger partial charge in [-0.05, 0) is 72.5 Å². The van der Waals surface area contributed by atoms with Crippen molar-refractivity contribution in [1.82, 2.24) is 4.90 Å². The number of fused-ring (bicyclic) bond motifs is 1. The number of rotatable bonds is 13. The molecule has 236 valence electrons. The van der Waals surface area contributed by atoms with Crippen LogP contribution in [0.4, 0.5) is 5.69 Å². The molecule has 8 heteroatoms. The van der Waals surface area contributed by atoms with Crippen LogP contribution in [0, 0.1) is 0 Å². The molecule has 4 aromatic rings. The van der Waals surface area contributed by atoms with Gasteiger partial charge in [-0.1, -0.05) is 72.8 Å². The van der Waals surface area contributed by atoms with Crippen molar-refractivity contribution in [3.8, 4) is 0 Å². The van der Waals surface area contributed by atoms with Crippen LogP contribution >= 0.6 is 0 Å². The minimum atomic E-state index is -0.856. The first kappa shape index (κ1) is 32.3. The Kier molecular flexibility index (Phi) is 11.0. The number of hydrogen-bond acceptors (Lipinski definition) is 6. The number of ether oxygens (including phenoxy) is 2. The summed E-state index contributed by atoms with van der Waals surface area (Å²) in [7, 11) is 2.12. The Morgan fingerprint density at radius 2 is 1.64 bits per heavy atom. The number of carboxylic acid groups (broad SMARTS) is 1. The SMILES string of the molecule is C[C@H](c1ccc2ccccc2c1)N(C)C[C@H]1C[C@@H](c2ccc(CO)cc2)O[C@@H](c2cccc(NC(=O)CCCCC(=O)O)c2)O1. The van der Waals surface area contributed by atoms with Gasteiger partial charge in [-0.3, -0.25) is 14.5 Å². The van der Waals surface area contributed by atoms with Crippen LogP contribution in [0.2, 0.25) is 0 Å². The second kappa shape index (κ2) is 15.3. The number of likely N-dealkylation sites (N-methyl/N-ethyl adjacent to an activating group) is 1. The average Bonchev–Trinajstić information content (AvgIpc) is 3.06. The molecule has 1 amide bonds. The Labute approximate surface area is 264 Å². The van der Waals surface area contributed by atoms with Crippen molar-refractivity contribution >= 4 is 28.3 Å². The number of nitrogens with zero attached hydrogens (tertiary/aromatic N) is 1. The maximum Gasteiger partial charge on any atom is 0.303 e. The average molecular weight is 611 g/mol. The molecule has 1 heterocycles. The number of carbonyl (C=O) groups excluding carboxylic acids is 1. The Balaban J connectivity index is 1.31. The van der Waals surface area contributed by atoms with Crippen LogP contribution in [0.3, 0.4) is 0 Å². The molecule has 3 N–H and O–H groups in total. The third-order valence-corrected chi connectivity index (χ3v) is 8.51. The molecule has 0 spiro atoms. The molecule has 4 atom stereocenters. The number of unbranched alkanes of at least 4 members (excludes halogenated alkanes) is 1. The van der Waals surface area contributed by atoms with Crippen molar-refractivity contribution in [3.05, 3.63) is 113 Å². The number of carbonyl (C=O) groups is 2. The lowest BCUT2D eigenvalue weighted by Crippen LogP contribution is -2.38. The van der Waals surface area contributed by atoms with E-state index in [9.17, 15) is 14.7 Å². The molecule has 5 rings (SSSR count). The van der Waals surface area contributed by atoms with Crippen LogP contribution in [-0.2, 0) is 25.7 Å². The zero-order chi connectivity index (χ0) is 31.8. The molecule has 4 aromatic carbocycles. The maximum absolute atomic E-state index is 12.5. The number of aliphatic hydroxyl groups is 1. The topological polar surface area (TPSA) is 108 Å². The minimum Gasteiger partial charge on any atom is -0.481 e. The van der Waals surface area contributed by atoms with Crippen molar-refractivity contribution in [1.29, 1.82) is 0 Å². The Morgan fingerprint density at radius 1 is 0.889 bits per heavy atom. The van der Waals surface area contributed by atoms with Crippen LogP contribution in [0.25, 0.3) is 10.8 Å². The van der Waals surface area contributed by atoms with Gasteiger partial charge in [0.1, 0.15) is 0 Å². The third-order valence-electron chi connectivity index (χ3n) is 8.51. The lowest BCUT2D eigenvalue weighted by Gasteiger charge is -2.39. The van der Waals surface area contributed by atoms with E-state index in [1.807, 2.05) is 48.5 Å². The number of aliphatic carboxylic acids is 1. The molecule has 45 heavy (non-hydrogen) atoms. The summed E-state index contributed by atoms with van der Waals surface area (Å²) < 4.78 is 13.1. The van der Waals surface area contributed by atoms with E-state index in [0.29, 0.717) is 31.5 Å². The van der Waals surface area contributed by atoms with Gasteiger partial charge in [-0.2, -0.15) is 0 Å². The molecular weight excluding hydrogens is 568 g/mol. The molecule has 0 unspecified atom stereocenters. The smallest absolute Gasteiger partial charge is 0.303 e. The summed E-state index contributed by atoms with van der Waals surface area (Å²) in [6.07, 6.45) is 0.937. The standard InChI is InChI=1S/C37H42N2O6/c1-25(29-19-18-27-8-3-4-9-30(27)20-29)39(2)23-33-22-34(28-16-14-26(24-40)15-17-28)45-37(44-33)31-10-7-11-32(21-31)38-35(41)12-5-6-13-36(42)43/h3-4,7-11,14-21,25,33-34,37,40H,5-6,12-13,22-24H2,1-2H3,(H,38,41)(H,42,43)/t25-,33-,34+,37+/m1/s1. The van der Waals surface area contributed by atoms with Gasteiger partial charge >= 0.3 is 5.97 Å². The molecule has 1 aliphatic heterocycles. The van der Waals surface area contributed by atoms with Gasteiger partial charge in [0.15, 0.2) is 6.29 Å². The number of hydrogen-bond donors (Lipinski definition) is 3. The molecule has 0 aliphatic carbocycles. The highest BCUT2D eigenvalue weighted by molar-refractivity contribution is 5.90. The fraction of sp³-hybridized carbons (Fsp3) is 0.351. The third kappa shape index (κ3) is 8.77. The van der Waals surface area contributed by atoms with Gasteiger partial charge in [0.05, 0.1) is 18.8 Å². The van der Waals surface area contributed by atoms with Gasteiger partial charge in [0.2, 0.25) is 5.91 Å². The molecule has 0 saturated carbocycles. The van der Waals surface area contributed by atoms with Crippen molar-refractivity contribution in [2.75, 3.05) is 18.9 Å². The fourth-order valence-corrected chi connectivity index (χ4v) is 5.78. The zero-order valence-corrected chi connectivity index (χ0v) is 25.9. The fourth-order valence-electron chi connectivity index (χ4n) is 5.78. The van der Waals surface area contributed by atoms with Crippen LogP contribution < -0.4 is 5.32 Å². The largest absolute Gasteiger partial charge is 0.481 e. The molecule has 1 saturated heterocycles. The summed E-state index contributed by atoms with van der Waals surface area (Å²) in [4.78, 5) is 25.6. The van der Waals surface area contributed by atoms with Gasteiger partial charge < -0.3 is 25.0 Å². The van der Waals surface area contributed by atoms with E-state index in [4.69, 9.17) is 14.6 Å². The predicted molar refractivity (Wildman–Crippen MR) is 175 cm³/mol. The summed E-state index contributed by atoms with van der Waals surface area (Å²) in [5.74, 6) is -1.02. The first-order valence-electron chi connectivity index (χ1n) is 15.6. The number of aliphatic hydroxyl groups excluding tert-OH is 1. The second-order valence-electron chi connectivity index (χ2n) is 11.8. The lowest BCUT2D eigenvalue weighted by molar-refractivity contribution is -0.253. The lowest BCUT2D eigenvalue weighted by atomic mass is 9.98. The highest BCUT2D eigenvalue weighted by Crippen LogP contribution is 2.39. The van der Waals surface area contributed by atoms with E-state index in [0.717, 1.165) is 16.7 Å². The Bertz CT molecular complexity index is 1590. The van der Waals surface area contributed by atoms with E-state index >= 15 is 0 Å². The molecular formula is C37H42N2O6. The van der Waals surface area contributed by atoms with E-state index in [1.54, 1.807) is 0 Å². The number of amides is 1. The molecule has 1 fully saturated rings. The summed E-state index contributed by atoms with van der Waals surface area (Å²) in [5.41, 5.74) is 4.53. The van der Waals surface area contributed by atoms with Crippen molar-refractivity contribution in [2.45, 2.75) is 70.2 Å². The predicted octanol–water partition coefficient (Wildman–Crippen LogP) is 7.15. The van der Waals surface area contributed by atoms with Crippen molar-refractivity contribution < 1.29 is 29.3 Å². The van der Waals surface area contributed by atoms with E-state index < -0.39 is 12.3 Å². The Morgan fingerprint density at radius 3 is 2.40 bits per heavy atom. The summed E-state index contributed by atoms with van der Waals surface area (Å²) in [5, 5.41) is 23.7. The number of anilines is 1. The summed E-state index contributed by atoms with van der Waals surface area (Å²) in [6, 6.07) is 30.5. The van der Waals surface area contributed by atoms with Gasteiger partial charge in [-0.15, -0.1) is 0 Å². The van der Waals surface area contributed by atoms with E-state index in [2.05, 4.69) is 66.7 Å². The molecule has 1 aliphatic rings. The molecule has 0 bridgehead atoms. The summed E-state index contributed by atoms with van der Waals surface area (Å²) >= 11 is 0.